The maximum Gasteiger partial charge on any atom is 0.272 e. The van der Waals surface area contributed by atoms with Crippen LogP contribution in [0.3, 0.4) is 0 Å². The molecule has 5 nitrogen and oxygen atoms in total. The Morgan fingerprint density at radius 1 is 1.32 bits per heavy atom. The minimum absolute atomic E-state index is 0.249. The number of ether oxygens (including phenoxy) is 1. The third-order valence-electron chi connectivity index (χ3n) is 3.23. The van der Waals surface area contributed by atoms with Crippen LogP contribution in [0.5, 0.6) is 5.75 Å². The average Bonchev–Trinajstić information content (AvgIpc) is 2.53. The van der Waals surface area contributed by atoms with Gasteiger partial charge in [-0.1, -0.05) is 26.0 Å². The quantitative estimate of drug-likeness (QED) is 0.890. The molecule has 0 radical (unpaired) electrons. The van der Waals surface area contributed by atoms with Gasteiger partial charge in [0.05, 0.1) is 18.9 Å². The lowest BCUT2D eigenvalue weighted by atomic mass is 10.1. The Morgan fingerprint density at radius 3 is 2.73 bits per heavy atom. The topological polar surface area (TPSA) is 64.3 Å². The van der Waals surface area contributed by atoms with Crippen LogP contribution in [0.2, 0.25) is 0 Å². The molecule has 1 N–H and O–H groups in total. The molecular formula is C17H22N2O3. The molecule has 0 saturated carbocycles. The van der Waals surface area contributed by atoms with Crippen LogP contribution in [0.1, 0.15) is 26.3 Å². The van der Waals surface area contributed by atoms with E-state index in [1.54, 1.807) is 6.07 Å². The van der Waals surface area contributed by atoms with Crippen LogP contribution < -0.4 is 10.3 Å². The summed E-state index contributed by atoms with van der Waals surface area (Å²) in [4.78, 5) is 12.0. The Kier molecular flexibility index (Phi) is 5.33. The molecular weight excluding hydrogens is 280 g/mol. The zero-order chi connectivity index (χ0) is 16.1. The van der Waals surface area contributed by atoms with E-state index < -0.39 is 0 Å². The highest BCUT2D eigenvalue weighted by Gasteiger charge is 2.09. The van der Waals surface area contributed by atoms with E-state index in [9.17, 15) is 9.90 Å². The first-order valence-electron chi connectivity index (χ1n) is 7.50. The number of aryl methyl sites for hydroxylation is 1. The second kappa shape index (κ2) is 7.22. The Bertz CT molecular complexity index is 664. The van der Waals surface area contributed by atoms with E-state index in [1.807, 2.05) is 31.2 Å². The van der Waals surface area contributed by atoms with Crippen molar-refractivity contribution in [3.05, 3.63) is 46.2 Å². The van der Waals surface area contributed by atoms with Crippen molar-refractivity contribution in [1.29, 1.82) is 0 Å². The molecule has 118 valence electrons. The molecule has 0 aliphatic rings. The number of benzene rings is 1. The van der Waals surface area contributed by atoms with Gasteiger partial charge in [-0.25, -0.2) is 4.68 Å². The van der Waals surface area contributed by atoms with Crippen molar-refractivity contribution in [2.45, 2.75) is 33.9 Å². The first-order valence-corrected chi connectivity index (χ1v) is 7.50. The Labute approximate surface area is 130 Å². The smallest absolute Gasteiger partial charge is 0.272 e. The summed E-state index contributed by atoms with van der Waals surface area (Å²) in [5, 5.41) is 13.7. The predicted octanol–water partition coefficient (Wildman–Crippen LogP) is 2.46. The fourth-order valence-electron chi connectivity index (χ4n) is 2.07. The molecule has 1 heterocycles. The highest BCUT2D eigenvalue weighted by Crippen LogP contribution is 2.22. The fourth-order valence-corrected chi connectivity index (χ4v) is 2.07. The highest BCUT2D eigenvalue weighted by molar-refractivity contribution is 5.61. The summed E-state index contributed by atoms with van der Waals surface area (Å²) >= 11 is 0. The molecule has 2 aromatic rings. The van der Waals surface area contributed by atoms with Gasteiger partial charge in [0.2, 0.25) is 0 Å². The third-order valence-corrected chi connectivity index (χ3v) is 3.23. The van der Waals surface area contributed by atoms with Crippen molar-refractivity contribution < 1.29 is 9.84 Å². The summed E-state index contributed by atoms with van der Waals surface area (Å²) in [6, 6.07) is 9.24. The molecule has 0 aliphatic heterocycles. The summed E-state index contributed by atoms with van der Waals surface area (Å²) < 4.78 is 7.08. The van der Waals surface area contributed by atoms with Gasteiger partial charge in [-0.15, -0.1) is 0 Å². The lowest BCUT2D eigenvalue weighted by Crippen LogP contribution is -2.26. The van der Waals surface area contributed by atoms with Crippen LogP contribution in [-0.4, -0.2) is 21.5 Å². The van der Waals surface area contributed by atoms with Crippen molar-refractivity contribution in [3.8, 4) is 17.0 Å². The summed E-state index contributed by atoms with van der Waals surface area (Å²) in [5.74, 6) is 1.22. The van der Waals surface area contributed by atoms with Crippen LogP contribution in [0.25, 0.3) is 11.3 Å². The number of rotatable bonds is 6. The van der Waals surface area contributed by atoms with Gasteiger partial charge in [0.15, 0.2) is 0 Å². The first kappa shape index (κ1) is 16.2. The predicted molar refractivity (Wildman–Crippen MR) is 85.9 cm³/mol. The second-order valence-electron chi connectivity index (χ2n) is 5.57. The van der Waals surface area contributed by atoms with Gasteiger partial charge in [-0.2, -0.15) is 5.10 Å². The summed E-state index contributed by atoms with van der Waals surface area (Å²) in [7, 11) is 0. The first-order chi connectivity index (χ1) is 10.5. The molecule has 0 bridgehead atoms. The number of hydrogen-bond donors (Lipinski definition) is 1. The molecule has 0 unspecified atom stereocenters. The van der Waals surface area contributed by atoms with Gasteiger partial charge < -0.3 is 9.84 Å². The molecule has 0 saturated heterocycles. The molecule has 1 aromatic heterocycles. The molecule has 1 aromatic carbocycles. The standard InChI is InChI=1S/C17H22N2O3/c1-4-19-17(21)14(10-20)9-16(18-19)13-6-5-7-15(8-13)22-11-12(2)3/h5-9,12,20H,4,10-11H2,1-3H3. The average molecular weight is 302 g/mol. The molecule has 0 spiro atoms. The molecule has 22 heavy (non-hydrogen) atoms. The Balaban J connectivity index is 2.39. The molecule has 0 fully saturated rings. The van der Waals surface area contributed by atoms with E-state index in [0.29, 0.717) is 30.3 Å². The third kappa shape index (κ3) is 3.74. The van der Waals surface area contributed by atoms with Gasteiger partial charge in [-0.3, -0.25) is 4.79 Å². The van der Waals surface area contributed by atoms with Gasteiger partial charge in [0, 0.05) is 17.7 Å². The maximum absolute atomic E-state index is 12.0. The zero-order valence-electron chi connectivity index (χ0n) is 13.2. The van der Waals surface area contributed by atoms with Crippen molar-refractivity contribution in [3.63, 3.8) is 0 Å². The van der Waals surface area contributed by atoms with E-state index in [4.69, 9.17) is 4.74 Å². The lowest BCUT2D eigenvalue weighted by molar-refractivity contribution is 0.271. The summed E-state index contributed by atoms with van der Waals surface area (Å²) in [5.41, 5.74) is 1.61. The minimum Gasteiger partial charge on any atom is -0.493 e. The molecule has 2 rings (SSSR count). The van der Waals surface area contributed by atoms with Crippen molar-refractivity contribution >= 4 is 0 Å². The maximum atomic E-state index is 12.0. The van der Waals surface area contributed by atoms with Gasteiger partial charge in [0.25, 0.3) is 5.56 Å². The molecule has 5 heteroatoms. The van der Waals surface area contributed by atoms with E-state index in [0.717, 1.165) is 11.3 Å². The van der Waals surface area contributed by atoms with E-state index in [-0.39, 0.29) is 12.2 Å². The van der Waals surface area contributed by atoms with Crippen LogP contribution in [0.15, 0.2) is 35.1 Å². The number of hydrogen-bond acceptors (Lipinski definition) is 4. The van der Waals surface area contributed by atoms with E-state index in [2.05, 4.69) is 18.9 Å². The number of aliphatic hydroxyl groups excluding tert-OH is 1. The van der Waals surface area contributed by atoms with Crippen molar-refractivity contribution in [1.82, 2.24) is 9.78 Å². The second-order valence-corrected chi connectivity index (χ2v) is 5.57. The van der Waals surface area contributed by atoms with Crippen molar-refractivity contribution in [2.24, 2.45) is 5.92 Å². The van der Waals surface area contributed by atoms with Crippen LogP contribution >= 0.6 is 0 Å². The normalized spacial score (nSPS) is 11.0. The lowest BCUT2D eigenvalue weighted by Gasteiger charge is -2.11. The molecule has 0 atom stereocenters. The Hall–Kier alpha value is -2.14. The monoisotopic (exact) mass is 302 g/mol. The number of aliphatic hydroxyl groups is 1. The number of aromatic nitrogens is 2. The summed E-state index contributed by atoms with van der Waals surface area (Å²) in [6.45, 7) is 6.85. The SMILES string of the molecule is CCn1nc(-c2cccc(OCC(C)C)c2)cc(CO)c1=O. The summed E-state index contributed by atoms with van der Waals surface area (Å²) in [6.07, 6.45) is 0. The highest BCUT2D eigenvalue weighted by atomic mass is 16.5. The Morgan fingerprint density at radius 2 is 2.09 bits per heavy atom. The molecule has 0 amide bonds. The van der Waals surface area contributed by atoms with Crippen molar-refractivity contribution in [2.75, 3.05) is 6.61 Å². The van der Waals surface area contributed by atoms with Crippen LogP contribution in [0, 0.1) is 5.92 Å². The molecule has 0 aliphatic carbocycles. The van der Waals surface area contributed by atoms with Crippen LogP contribution in [-0.2, 0) is 13.2 Å². The van der Waals surface area contributed by atoms with Gasteiger partial charge in [-0.05, 0) is 31.0 Å². The minimum atomic E-state index is -0.294. The van der Waals surface area contributed by atoms with Gasteiger partial charge in [0.1, 0.15) is 5.75 Å². The largest absolute Gasteiger partial charge is 0.493 e. The van der Waals surface area contributed by atoms with E-state index >= 15 is 0 Å². The van der Waals surface area contributed by atoms with E-state index in [1.165, 1.54) is 4.68 Å². The van der Waals surface area contributed by atoms with Gasteiger partial charge >= 0.3 is 0 Å². The fraction of sp³-hybridized carbons (Fsp3) is 0.412. The zero-order valence-corrected chi connectivity index (χ0v) is 13.2. The number of nitrogens with zero attached hydrogens (tertiary/aromatic N) is 2. The van der Waals surface area contributed by atoms with Crippen LogP contribution in [0.4, 0.5) is 0 Å².